The van der Waals surface area contributed by atoms with Crippen molar-refractivity contribution in [1.29, 1.82) is 0 Å². The molecule has 0 bridgehead atoms. The molecular weight excluding hydrogens is 440 g/mol. The monoisotopic (exact) mass is 462 g/mol. The van der Waals surface area contributed by atoms with E-state index in [0.717, 1.165) is 18.5 Å². The molecule has 0 fully saturated rings. The fourth-order valence-corrected chi connectivity index (χ4v) is 3.92. The molecule has 1 aromatic heterocycles. The van der Waals surface area contributed by atoms with E-state index in [9.17, 15) is 8.42 Å². The highest BCUT2D eigenvalue weighted by atomic mass is 32.2. The average molecular weight is 463 g/mol. The molecule has 3 aromatic carbocycles. The number of nitrogens with zero attached hydrogens (tertiary/aromatic N) is 3. The lowest BCUT2D eigenvalue weighted by molar-refractivity contribution is 0.397. The number of rotatable bonds is 8. The van der Waals surface area contributed by atoms with E-state index in [0.29, 0.717) is 23.1 Å². The number of aryl methyl sites for hydroxylation is 1. The third-order valence-electron chi connectivity index (χ3n) is 4.63. The lowest BCUT2D eigenvalue weighted by Crippen LogP contribution is -2.08. The first-order valence-corrected chi connectivity index (χ1v) is 11.4. The topological polar surface area (TPSA) is 118 Å². The van der Waals surface area contributed by atoms with Crippen LogP contribution in [0, 0.1) is 6.92 Å². The molecule has 0 amide bonds. The second-order valence-electron chi connectivity index (χ2n) is 7.01. The van der Waals surface area contributed by atoms with Crippen molar-refractivity contribution in [3.05, 3.63) is 84.4 Å². The molecular formula is C23H22N6O3S. The van der Waals surface area contributed by atoms with Crippen LogP contribution in [0.1, 0.15) is 5.56 Å². The van der Waals surface area contributed by atoms with Gasteiger partial charge in [0.1, 0.15) is 0 Å². The molecule has 4 aromatic rings. The number of anilines is 6. The maximum atomic E-state index is 12.2. The zero-order valence-corrected chi connectivity index (χ0v) is 18.8. The summed E-state index contributed by atoms with van der Waals surface area (Å²) in [6.45, 7) is 1.70. The molecule has 0 aliphatic rings. The van der Waals surface area contributed by atoms with Crippen LogP contribution in [0.4, 0.5) is 34.9 Å². The van der Waals surface area contributed by atoms with Crippen LogP contribution in [0.3, 0.4) is 0 Å². The second kappa shape index (κ2) is 9.63. The second-order valence-corrected chi connectivity index (χ2v) is 8.70. The first-order chi connectivity index (χ1) is 15.9. The Kier molecular flexibility index (Phi) is 6.48. The molecule has 4 rings (SSSR count). The van der Waals surface area contributed by atoms with Gasteiger partial charge in [0.25, 0.3) is 10.1 Å². The Hall–Kier alpha value is -4.02. The molecule has 33 heavy (non-hydrogen) atoms. The molecule has 9 nitrogen and oxygen atoms in total. The van der Waals surface area contributed by atoms with Gasteiger partial charge in [0, 0.05) is 17.1 Å². The Morgan fingerprint density at radius 2 is 1.12 bits per heavy atom. The van der Waals surface area contributed by atoms with Crippen LogP contribution in [0.5, 0.6) is 0 Å². The van der Waals surface area contributed by atoms with Crippen molar-refractivity contribution in [2.75, 3.05) is 23.1 Å². The molecule has 1 heterocycles. The highest BCUT2D eigenvalue weighted by Crippen LogP contribution is 2.25. The van der Waals surface area contributed by atoms with Crippen molar-refractivity contribution in [1.82, 2.24) is 15.0 Å². The fraction of sp³-hybridized carbons (Fsp3) is 0.0870. The third-order valence-corrected chi connectivity index (χ3v) is 6.05. The highest BCUT2D eigenvalue weighted by Gasteiger charge is 2.17. The number of hydrogen-bond donors (Lipinski definition) is 3. The molecule has 0 saturated heterocycles. The van der Waals surface area contributed by atoms with Gasteiger partial charge in [0.05, 0.1) is 12.0 Å². The minimum atomic E-state index is -3.86. The summed E-state index contributed by atoms with van der Waals surface area (Å²) in [7, 11) is -2.73. The molecule has 0 aliphatic carbocycles. The van der Waals surface area contributed by atoms with Crippen LogP contribution < -0.4 is 16.0 Å². The van der Waals surface area contributed by atoms with E-state index in [-0.39, 0.29) is 10.8 Å². The fourth-order valence-electron chi connectivity index (χ4n) is 3.01. The van der Waals surface area contributed by atoms with Crippen LogP contribution in [0.15, 0.2) is 83.8 Å². The number of para-hydroxylation sites is 2. The van der Waals surface area contributed by atoms with Gasteiger partial charge in [-0.15, -0.1) is 0 Å². The van der Waals surface area contributed by atoms with Gasteiger partial charge in [-0.1, -0.05) is 42.5 Å². The number of nitrogens with one attached hydrogen (secondary N) is 3. The maximum Gasteiger partial charge on any atom is 0.297 e. The van der Waals surface area contributed by atoms with Crippen molar-refractivity contribution >= 4 is 45.0 Å². The molecule has 0 aliphatic heterocycles. The molecule has 0 atom stereocenters. The minimum absolute atomic E-state index is 0.0642. The standard InChI is InChI=1S/C23H22N6O3S/c1-16-13-14-19(15-20(16)33(30,31)32-2)26-23-28-21(24-17-9-5-3-6-10-17)27-22(29-23)25-18-11-7-4-8-12-18/h3-15H,1-2H3,(H3,24,25,26,27,28,29). The number of hydrogen-bond acceptors (Lipinski definition) is 9. The molecule has 0 saturated carbocycles. The summed E-state index contributed by atoms with van der Waals surface area (Å²) in [5.74, 6) is 0.856. The summed E-state index contributed by atoms with van der Waals surface area (Å²) in [5.41, 5.74) is 2.67. The predicted octanol–water partition coefficient (Wildman–Crippen LogP) is 4.75. The summed E-state index contributed by atoms with van der Waals surface area (Å²) >= 11 is 0. The Labute approximate surface area is 192 Å². The minimum Gasteiger partial charge on any atom is -0.324 e. The van der Waals surface area contributed by atoms with E-state index < -0.39 is 10.1 Å². The van der Waals surface area contributed by atoms with Crippen molar-refractivity contribution < 1.29 is 12.6 Å². The van der Waals surface area contributed by atoms with Crippen LogP contribution in [0.25, 0.3) is 0 Å². The van der Waals surface area contributed by atoms with E-state index in [1.54, 1.807) is 19.1 Å². The van der Waals surface area contributed by atoms with E-state index in [1.807, 2.05) is 60.7 Å². The number of benzene rings is 3. The Morgan fingerprint density at radius 1 is 0.667 bits per heavy atom. The van der Waals surface area contributed by atoms with E-state index >= 15 is 0 Å². The maximum absolute atomic E-state index is 12.2. The van der Waals surface area contributed by atoms with E-state index in [1.165, 1.54) is 6.07 Å². The van der Waals surface area contributed by atoms with Crippen molar-refractivity contribution in [3.8, 4) is 0 Å². The van der Waals surface area contributed by atoms with Gasteiger partial charge in [0.15, 0.2) is 0 Å². The quantitative estimate of drug-likeness (QED) is 0.319. The van der Waals surface area contributed by atoms with Gasteiger partial charge < -0.3 is 16.0 Å². The Balaban J connectivity index is 1.69. The summed E-state index contributed by atoms with van der Waals surface area (Å²) < 4.78 is 29.1. The first kappa shape index (κ1) is 22.2. The molecule has 0 spiro atoms. The zero-order valence-electron chi connectivity index (χ0n) is 18.0. The molecule has 3 N–H and O–H groups in total. The van der Waals surface area contributed by atoms with Crippen molar-refractivity contribution in [3.63, 3.8) is 0 Å². The number of aromatic nitrogens is 3. The van der Waals surface area contributed by atoms with Gasteiger partial charge in [-0.05, 0) is 48.9 Å². The van der Waals surface area contributed by atoms with Crippen LogP contribution in [0.2, 0.25) is 0 Å². The van der Waals surface area contributed by atoms with Gasteiger partial charge >= 0.3 is 0 Å². The van der Waals surface area contributed by atoms with Gasteiger partial charge in [-0.2, -0.15) is 23.4 Å². The van der Waals surface area contributed by atoms with Crippen LogP contribution in [-0.2, 0) is 14.3 Å². The van der Waals surface area contributed by atoms with E-state index in [2.05, 4.69) is 35.1 Å². The highest BCUT2D eigenvalue weighted by molar-refractivity contribution is 7.86. The smallest absolute Gasteiger partial charge is 0.297 e. The lowest BCUT2D eigenvalue weighted by Gasteiger charge is -2.13. The van der Waals surface area contributed by atoms with Crippen molar-refractivity contribution in [2.24, 2.45) is 0 Å². The third kappa shape index (κ3) is 5.62. The van der Waals surface area contributed by atoms with Gasteiger partial charge in [-0.25, -0.2) is 0 Å². The average Bonchev–Trinajstić information content (AvgIpc) is 2.81. The molecule has 0 radical (unpaired) electrons. The summed E-state index contributed by atoms with van der Waals surface area (Å²) in [4.78, 5) is 13.4. The molecule has 168 valence electrons. The largest absolute Gasteiger partial charge is 0.324 e. The van der Waals surface area contributed by atoms with E-state index in [4.69, 9.17) is 0 Å². The Morgan fingerprint density at radius 3 is 1.58 bits per heavy atom. The summed E-state index contributed by atoms with van der Waals surface area (Å²) in [5, 5.41) is 9.36. The summed E-state index contributed by atoms with van der Waals surface area (Å²) in [6, 6.07) is 23.9. The van der Waals surface area contributed by atoms with Crippen LogP contribution in [-0.4, -0.2) is 30.5 Å². The lowest BCUT2D eigenvalue weighted by atomic mass is 10.2. The predicted molar refractivity (Wildman–Crippen MR) is 128 cm³/mol. The van der Waals surface area contributed by atoms with Gasteiger partial charge in [-0.3, -0.25) is 4.18 Å². The summed E-state index contributed by atoms with van der Waals surface area (Å²) in [6.07, 6.45) is 0. The SMILES string of the molecule is COS(=O)(=O)c1cc(Nc2nc(Nc3ccccc3)nc(Nc3ccccc3)n2)ccc1C. The zero-order chi connectivity index (χ0) is 23.3. The first-order valence-electron chi connectivity index (χ1n) is 10.0. The molecule has 0 unspecified atom stereocenters. The van der Waals surface area contributed by atoms with Crippen LogP contribution >= 0.6 is 0 Å². The normalized spacial score (nSPS) is 11.1. The van der Waals surface area contributed by atoms with Gasteiger partial charge in [0.2, 0.25) is 17.8 Å². The van der Waals surface area contributed by atoms with Crippen molar-refractivity contribution in [2.45, 2.75) is 11.8 Å². The molecule has 10 heteroatoms. The Bertz CT molecular complexity index is 1290.